The summed E-state index contributed by atoms with van der Waals surface area (Å²) in [4.78, 5) is 18.8. The maximum atomic E-state index is 12.1. The summed E-state index contributed by atoms with van der Waals surface area (Å²) in [6, 6.07) is 19.0. The maximum absolute atomic E-state index is 12.1. The molecule has 0 saturated heterocycles. The van der Waals surface area contributed by atoms with Crippen LogP contribution in [0.2, 0.25) is 0 Å². The minimum absolute atomic E-state index is 0.304. The molecule has 3 N–H and O–H groups in total. The van der Waals surface area contributed by atoms with E-state index < -0.39 is 0 Å². The smallest absolute Gasteiger partial charge is 0.323 e. The lowest BCUT2D eigenvalue weighted by Crippen LogP contribution is -2.21. The van der Waals surface area contributed by atoms with Gasteiger partial charge in [-0.05, 0) is 68.8 Å². The highest BCUT2D eigenvalue weighted by molar-refractivity contribution is 5.99. The Labute approximate surface area is 172 Å². The highest BCUT2D eigenvalue weighted by Gasteiger charge is 2.07. The van der Waals surface area contributed by atoms with E-state index in [1.807, 2.05) is 42.5 Å². The van der Waals surface area contributed by atoms with E-state index in [1.54, 1.807) is 6.20 Å². The van der Waals surface area contributed by atoms with Gasteiger partial charge in [-0.1, -0.05) is 18.2 Å². The fourth-order valence-corrected chi connectivity index (χ4v) is 3.07. The van der Waals surface area contributed by atoms with Crippen LogP contribution in [0.25, 0.3) is 0 Å². The summed E-state index contributed by atoms with van der Waals surface area (Å²) < 4.78 is 0. The summed E-state index contributed by atoms with van der Waals surface area (Å²) in [6.45, 7) is 8.36. The summed E-state index contributed by atoms with van der Waals surface area (Å²) in [5.74, 6) is 0.720. The Kier molecular flexibility index (Phi) is 6.68. The van der Waals surface area contributed by atoms with Crippen molar-refractivity contribution >= 4 is 34.6 Å². The van der Waals surface area contributed by atoms with Crippen LogP contribution in [-0.2, 0) is 0 Å². The Bertz CT molecular complexity index is 937. The van der Waals surface area contributed by atoms with Crippen molar-refractivity contribution in [2.45, 2.75) is 20.8 Å². The minimum Gasteiger partial charge on any atom is -0.372 e. The Balaban J connectivity index is 1.61. The normalized spacial score (nSPS) is 10.3. The van der Waals surface area contributed by atoms with Crippen molar-refractivity contribution in [3.63, 3.8) is 0 Å². The molecule has 3 rings (SSSR count). The van der Waals surface area contributed by atoms with Crippen LogP contribution in [-0.4, -0.2) is 24.1 Å². The Morgan fingerprint density at radius 1 is 0.931 bits per heavy atom. The number of carbonyl (C=O) groups excluding carboxylic acids is 1. The lowest BCUT2D eigenvalue weighted by molar-refractivity contribution is 0.262. The number of rotatable bonds is 7. The minimum atomic E-state index is -0.304. The van der Waals surface area contributed by atoms with Crippen LogP contribution in [0, 0.1) is 6.92 Å². The third kappa shape index (κ3) is 5.48. The van der Waals surface area contributed by atoms with Crippen LogP contribution >= 0.6 is 0 Å². The first-order valence-corrected chi connectivity index (χ1v) is 9.80. The average molecular weight is 390 g/mol. The van der Waals surface area contributed by atoms with Crippen LogP contribution < -0.4 is 20.9 Å². The molecule has 0 unspecified atom stereocenters. The topological polar surface area (TPSA) is 69.3 Å². The number of hydrogen-bond acceptors (Lipinski definition) is 4. The highest BCUT2D eigenvalue weighted by Crippen LogP contribution is 2.25. The highest BCUT2D eigenvalue weighted by atomic mass is 16.2. The van der Waals surface area contributed by atoms with Gasteiger partial charge in [-0.25, -0.2) is 9.78 Å². The van der Waals surface area contributed by atoms with Gasteiger partial charge in [0.2, 0.25) is 0 Å². The van der Waals surface area contributed by atoms with Crippen LogP contribution in [0.15, 0.2) is 66.9 Å². The van der Waals surface area contributed by atoms with E-state index in [1.165, 1.54) is 5.69 Å². The summed E-state index contributed by atoms with van der Waals surface area (Å²) >= 11 is 0. The van der Waals surface area contributed by atoms with Crippen molar-refractivity contribution in [2.24, 2.45) is 0 Å². The fourth-order valence-electron chi connectivity index (χ4n) is 3.07. The predicted molar refractivity (Wildman–Crippen MR) is 121 cm³/mol. The van der Waals surface area contributed by atoms with Gasteiger partial charge in [-0.2, -0.15) is 0 Å². The molecule has 29 heavy (non-hydrogen) atoms. The van der Waals surface area contributed by atoms with Crippen molar-refractivity contribution in [2.75, 3.05) is 33.9 Å². The van der Waals surface area contributed by atoms with Crippen LogP contribution in [0.3, 0.4) is 0 Å². The van der Waals surface area contributed by atoms with E-state index in [4.69, 9.17) is 0 Å². The van der Waals surface area contributed by atoms with Crippen LogP contribution in [0.5, 0.6) is 0 Å². The Morgan fingerprint density at radius 3 is 2.28 bits per heavy atom. The number of nitrogens with zero attached hydrogens (tertiary/aromatic N) is 2. The molecule has 0 saturated carbocycles. The molecule has 0 aliphatic heterocycles. The Morgan fingerprint density at radius 2 is 1.66 bits per heavy atom. The summed E-state index contributed by atoms with van der Waals surface area (Å²) in [7, 11) is 0. The zero-order chi connectivity index (χ0) is 20.6. The number of urea groups is 1. The van der Waals surface area contributed by atoms with Gasteiger partial charge in [0, 0.05) is 30.2 Å². The predicted octanol–water partition coefficient (Wildman–Crippen LogP) is 5.62. The lowest BCUT2D eigenvalue weighted by atomic mass is 10.1. The fraction of sp³-hybridized carbons (Fsp3) is 0.217. The van der Waals surface area contributed by atoms with Gasteiger partial charge in [0.15, 0.2) is 0 Å². The summed E-state index contributed by atoms with van der Waals surface area (Å²) in [5.41, 5.74) is 4.74. The van der Waals surface area contributed by atoms with Crippen LogP contribution in [0.1, 0.15) is 19.4 Å². The van der Waals surface area contributed by atoms with Gasteiger partial charge in [0.25, 0.3) is 0 Å². The molecule has 0 radical (unpaired) electrons. The zero-order valence-corrected chi connectivity index (χ0v) is 17.1. The number of carbonyl (C=O) groups is 1. The summed E-state index contributed by atoms with van der Waals surface area (Å²) in [6.07, 6.45) is 1.63. The maximum Gasteiger partial charge on any atom is 0.323 e. The molecule has 2 aromatic carbocycles. The molecule has 0 fully saturated rings. The number of aromatic nitrogens is 1. The molecular formula is C23H27N5O. The van der Waals surface area contributed by atoms with E-state index in [-0.39, 0.29) is 6.03 Å². The number of anilines is 5. The van der Waals surface area contributed by atoms with Gasteiger partial charge in [-0.15, -0.1) is 0 Å². The molecule has 0 atom stereocenters. The van der Waals surface area contributed by atoms with Gasteiger partial charge in [-0.3, -0.25) is 0 Å². The molecule has 0 bridgehead atoms. The third-order valence-corrected chi connectivity index (χ3v) is 4.65. The van der Waals surface area contributed by atoms with Gasteiger partial charge in [0.1, 0.15) is 5.82 Å². The van der Waals surface area contributed by atoms with Crippen molar-refractivity contribution in [3.8, 4) is 0 Å². The second-order valence-corrected chi connectivity index (χ2v) is 6.67. The molecule has 0 aliphatic rings. The first kappa shape index (κ1) is 20.2. The monoisotopic (exact) mass is 389 g/mol. The van der Waals surface area contributed by atoms with Gasteiger partial charge in [0.05, 0.1) is 11.9 Å². The lowest BCUT2D eigenvalue weighted by Gasteiger charge is -2.22. The molecule has 0 aliphatic carbocycles. The molecule has 1 heterocycles. The standard InChI is InChI=1S/C23H27N5O/c1-4-28(5-2)20-12-13-21(17(3)15-20)27-22-14-11-19(16-24-22)26-23(29)25-18-9-7-6-8-10-18/h6-16H,4-5H2,1-3H3,(H,24,27)(H2,25,26,29). The number of para-hydroxylation sites is 1. The number of nitrogens with one attached hydrogen (secondary N) is 3. The van der Waals surface area contributed by atoms with Crippen LogP contribution in [0.4, 0.5) is 33.4 Å². The molecule has 0 spiro atoms. The number of amides is 2. The SMILES string of the molecule is CCN(CC)c1ccc(Nc2ccc(NC(=O)Nc3ccccc3)cn2)c(C)c1. The molecule has 6 heteroatoms. The third-order valence-electron chi connectivity index (χ3n) is 4.65. The zero-order valence-electron chi connectivity index (χ0n) is 17.1. The van der Waals surface area contributed by atoms with Crippen molar-refractivity contribution in [1.29, 1.82) is 0 Å². The largest absolute Gasteiger partial charge is 0.372 e. The van der Waals surface area contributed by atoms with Crippen molar-refractivity contribution in [3.05, 3.63) is 72.4 Å². The van der Waals surface area contributed by atoms with E-state index in [0.717, 1.165) is 35.8 Å². The Hall–Kier alpha value is -3.54. The number of pyridine rings is 1. The second-order valence-electron chi connectivity index (χ2n) is 6.67. The molecule has 6 nitrogen and oxygen atoms in total. The molecule has 150 valence electrons. The van der Waals surface area contributed by atoms with E-state index in [2.05, 4.69) is 64.8 Å². The number of aryl methyl sites for hydroxylation is 1. The van der Waals surface area contributed by atoms with Crippen molar-refractivity contribution in [1.82, 2.24) is 4.98 Å². The number of benzene rings is 2. The molecular weight excluding hydrogens is 362 g/mol. The average Bonchev–Trinajstić information content (AvgIpc) is 2.73. The number of hydrogen-bond donors (Lipinski definition) is 3. The first-order chi connectivity index (χ1) is 14.1. The van der Waals surface area contributed by atoms with Gasteiger partial charge < -0.3 is 20.9 Å². The first-order valence-electron chi connectivity index (χ1n) is 9.80. The van der Waals surface area contributed by atoms with Gasteiger partial charge >= 0.3 is 6.03 Å². The molecule has 3 aromatic rings. The second kappa shape index (κ2) is 9.59. The van der Waals surface area contributed by atoms with E-state index >= 15 is 0 Å². The molecule has 1 aromatic heterocycles. The van der Waals surface area contributed by atoms with E-state index in [9.17, 15) is 4.79 Å². The summed E-state index contributed by atoms with van der Waals surface area (Å²) in [5, 5.41) is 8.90. The van der Waals surface area contributed by atoms with E-state index in [0.29, 0.717) is 5.69 Å². The molecule has 2 amide bonds. The van der Waals surface area contributed by atoms with Crippen molar-refractivity contribution < 1.29 is 4.79 Å². The quantitative estimate of drug-likeness (QED) is 0.490.